The fraction of sp³-hybridized carbons (Fsp3) is 0. The van der Waals surface area contributed by atoms with Crippen molar-refractivity contribution in [1.29, 1.82) is 0 Å². The van der Waals surface area contributed by atoms with Gasteiger partial charge < -0.3 is 11.5 Å². The molecule has 1 aromatic carbocycles. The van der Waals surface area contributed by atoms with Crippen LogP contribution in [0.15, 0.2) is 30.6 Å². The molecule has 2 aromatic heterocycles. The average molecular weight is 384 g/mol. The third-order valence-electron chi connectivity index (χ3n) is 2.81. The third-order valence-corrected chi connectivity index (χ3v) is 4.69. The van der Waals surface area contributed by atoms with Crippen LogP contribution in [0.5, 0.6) is 0 Å². The van der Waals surface area contributed by atoms with E-state index in [1.54, 1.807) is 18.5 Å². The van der Waals surface area contributed by atoms with Crippen LogP contribution in [-0.2, 0) is 0 Å². The van der Waals surface area contributed by atoms with E-state index in [1.807, 2.05) is 16.6 Å². The molecule has 0 saturated carbocycles. The molecule has 0 aliphatic carbocycles. The first-order valence-corrected chi connectivity index (χ1v) is 9.47. The minimum atomic E-state index is 0.389. The Morgan fingerprint density at radius 1 is 1.11 bits per heavy atom. The molecule has 0 bridgehead atoms. The van der Waals surface area contributed by atoms with Gasteiger partial charge in [0.25, 0.3) is 0 Å². The first kappa shape index (κ1) is 12.6. The van der Waals surface area contributed by atoms with Crippen LogP contribution in [0.25, 0.3) is 22.0 Å². The molecule has 6 nitrogen and oxygen atoms in total. The zero-order valence-corrected chi connectivity index (χ0v) is 12.9. The molecule has 2 heterocycles. The highest BCUT2D eigenvalue weighted by Gasteiger charge is 2.09. The Balaban J connectivity index is 2.25. The fourth-order valence-corrected chi connectivity index (χ4v) is 3.46. The Bertz CT molecular complexity index is 756. The Hall–Kier alpha value is -1.47. The molecule has 8 heteroatoms. The largest absolute Gasteiger partial charge is 0.398 e. The molecule has 96 valence electrons. The normalized spacial score (nSPS) is 11.6. The molecule has 0 radical (unpaired) electrons. The van der Waals surface area contributed by atoms with Gasteiger partial charge in [-0.2, -0.15) is 10.2 Å². The summed E-state index contributed by atoms with van der Waals surface area (Å²) in [5.74, 6) is 0.389. The van der Waals surface area contributed by atoms with Gasteiger partial charge in [0.1, 0.15) is 5.82 Å². The molecule has 3 rings (SSSR count). The van der Waals surface area contributed by atoms with E-state index in [4.69, 9.17) is 11.5 Å². The number of halogens is 1. The number of nitrogen functional groups attached to an aromatic ring is 2. The van der Waals surface area contributed by atoms with E-state index in [1.165, 1.54) is 0 Å². The number of hydrogen-bond acceptors (Lipinski definition) is 5. The number of aromatic nitrogens is 4. The number of rotatable bonds is 2. The van der Waals surface area contributed by atoms with Crippen LogP contribution in [-0.4, -0.2) is 19.7 Å². The number of benzene rings is 1. The van der Waals surface area contributed by atoms with Gasteiger partial charge in [0.05, 0.1) is 24.3 Å². The second-order valence-electron chi connectivity index (χ2n) is 4.01. The lowest BCUT2D eigenvalue weighted by Gasteiger charge is -2.06. The van der Waals surface area contributed by atoms with Crippen LogP contribution in [0.1, 0.15) is 0 Å². The zero-order chi connectivity index (χ0) is 13.4. The van der Waals surface area contributed by atoms with Crippen LogP contribution in [0, 0.1) is 0 Å². The van der Waals surface area contributed by atoms with Gasteiger partial charge in [-0.25, -0.2) is 4.45 Å². The minimum absolute atomic E-state index is 0.389. The maximum absolute atomic E-state index is 6.08. The second-order valence-corrected chi connectivity index (χ2v) is 6.05. The highest BCUT2D eigenvalue weighted by atomic mass is 127. The van der Waals surface area contributed by atoms with Gasteiger partial charge in [-0.15, -0.1) is 5.10 Å². The summed E-state index contributed by atoms with van der Waals surface area (Å²) >= 11 is 2.29. The first-order chi connectivity index (χ1) is 9.19. The Kier molecular flexibility index (Phi) is 3.24. The maximum atomic E-state index is 6.08. The second kappa shape index (κ2) is 4.90. The van der Waals surface area contributed by atoms with Crippen molar-refractivity contribution in [2.75, 3.05) is 11.5 Å². The molecular weight excluding hydrogens is 374 g/mol. The molecule has 3 aromatic rings. The number of nitrogens with zero attached hydrogens (tertiary/aromatic N) is 4. The van der Waals surface area contributed by atoms with Crippen molar-refractivity contribution >= 4 is 50.8 Å². The van der Waals surface area contributed by atoms with E-state index in [-0.39, 0.29) is 0 Å². The van der Waals surface area contributed by atoms with Gasteiger partial charge in [-0.1, -0.05) is 0 Å². The van der Waals surface area contributed by atoms with Crippen LogP contribution in [0.4, 0.5) is 11.5 Å². The lowest BCUT2D eigenvalue weighted by atomic mass is 10.1. The number of anilines is 2. The van der Waals surface area contributed by atoms with E-state index in [0.717, 1.165) is 22.0 Å². The smallest absolute Gasteiger partial charge is 0.146 e. The summed E-state index contributed by atoms with van der Waals surface area (Å²) < 4.78 is 1.92. The quantitative estimate of drug-likeness (QED) is 0.402. The molecule has 0 spiro atoms. The highest BCUT2D eigenvalue weighted by Crippen LogP contribution is 2.34. The molecule has 4 N–H and O–H groups in total. The minimum Gasteiger partial charge on any atom is -0.398 e. The van der Waals surface area contributed by atoms with E-state index in [0.29, 0.717) is 17.9 Å². The molecule has 0 aliphatic rings. The van der Waals surface area contributed by atoms with Gasteiger partial charge in [-0.3, -0.25) is 0 Å². The predicted molar refractivity (Wildman–Crippen MR) is 87.3 cm³/mol. The van der Waals surface area contributed by atoms with E-state index in [2.05, 4.69) is 37.3 Å². The van der Waals surface area contributed by atoms with Crippen molar-refractivity contribution in [2.24, 2.45) is 0 Å². The summed E-state index contributed by atoms with van der Waals surface area (Å²) in [4.78, 5) is 0. The van der Waals surface area contributed by atoms with Gasteiger partial charge in [-0.05, 0) is 45.8 Å². The Morgan fingerprint density at radius 2 is 1.95 bits per heavy atom. The third kappa shape index (κ3) is 2.23. The van der Waals surface area contributed by atoms with Crippen molar-refractivity contribution in [3.8, 4) is 11.1 Å². The standard InChI is InChI=1S/C11H10IN6P/c12-19-18-10-2-6(1-9(13)8(10)5-16-18)7-3-11(14)17-15-4-7/h1-5,19H,13H2,(H2,14,17). The lowest BCUT2D eigenvalue weighted by molar-refractivity contribution is 1.04. The van der Waals surface area contributed by atoms with Crippen molar-refractivity contribution in [3.63, 3.8) is 0 Å². The van der Waals surface area contributed by atoms with Crippen LogP contribution in [0.3, 0.4) is 0 Å². The van der Waals surface area contributed by atoms with Crippen molar-refractivity contribution in [1.82, 2.24) is 19.7 Å². The van der Waals surface area contributed by atoms with Gasteiger partial charge in [0.2, 0.25) is 0 Å². The monoisotopic (exact) mass is 384 g/mol. The molecule has 1 atom stereocenters. The van der Waals surface area contributed by atoms with Crippen molar-refractivity contribution in [3.05, 3.63) is 30.6 Å². The topological polar surface area (TPSA) is 95.6 Å². The van der Waals surface area contributed by atoms with Gasteiger partial charge >= 0.3 is 0 Å². The van der Waals surface area contributed by atoms with E-state index < -0.39 is 0 Å². The molecule has 0 saturated heterocycles. The van der Waals surface area contributed by atoms with E-state index in [9.17, 15) is 0 Å². The number of hydrogen-bond donors (Lipinski definition) is 2. The Labute approximate surface area is 123 Å². The van der Waals surface area contributed by atoms with Crippen molar-refractivity contribution in [2.45, 2.75) is 0 Å². The summed E-state index contributed by atoms with van der Waals surface area (Å²) in [6.45, 7) is 0. The molecule has 19 heavy (non-hydrogen) atoms. The predicted octanol–water partition coefficient (Wildman–Crippen LogP) is 2.45. The van der Waals surface area contributed by atoms with Crippen LogP contribution in [0.2, 0.25) is 0 Å². The molecule has 0 amide bonds. The zero-order valence-electron chi connectivity index (χ0n) is 9.71. The highest BCUT2D eigenvalue weighted by molar-refractivity contribution is 14.2. The Morgan fingerprint density at radius 3 is 2.68 bits per heavy atom. The van der Waals surface area contributed by atoms with Crippen LogP contribution < -0.4 is 11.5 Å². The average Bonchev–Trinajstić information content (AvgIpc) is 2.82. The van der Waals surface area contributed by atoms with Crippen LogP contribution >= 0.6 is 28.4 Å². The van der Waals surface area contributed by atoms with Gasteiger partial charge in [0, 0.05) is 16.6 Å². The molecule has 1 unspecified atom stereocenters. The summed E-state index contributed by atoms with van der Waals surface area (Å²) in [6.07, 6.45) is 3.99. The summed E-state index contributed by atoms with van der Waals surface area (Å²) in [6, 6.07) is 5.72. The summed E-state index contributed by atoms with van der Waals surface area (Å²) in [7, 11) is 0. The lowest BCUT2D eigenvalue weighted by Crippen LogP contribution is -1.94. The van der Waals surface area contributed by atoms with E-state index >= 15 is 0 Å². The number of nitrogens with two attached hydrogens (primary N) is 2. The number of fused-ring (bicyclic) bond motifs is 1. The molecular formula is C11H10IN6P. The van der Waals surface area contributed by atoms with Crippen molar-refractivity contribution < 1.29 is 0 Å². The summed E-state index contributed by atoms with van der Waals surface area (Å²) in [5, 5.41) is 12.9. The SMILES string of the molecule is Nc1cc(-c2cc(N)c3cnn(PI)c3c2)cnn1. The summed E-state index contributed by atoms with van der Waals surface area (Å²) in [5.41, 5.74) is 15.3. The first-order valence-electron chi connectivity index (χ1n) is 5.41. The van der Waals surface area contributed by atoms with Gasteiger partial charge in [0.15, 0.2) is 0 Å². The molecule has 0 fully saturated rings. The fourth-order valence-electron chi connectivity index (χ4n) is 1.93. The maximum Gasteiger partial charge on any atom is 0.146 e. The molecule has 0 aliphatic heterocycles.